The second-order valence-corrected chi connectivity index (χ2v) is 10.1. The first-order chi connectivity index (χ1) is 18.9. The zero-order valence-corrected chi connectivity index (χ0v) is 22.9. The number of anilines is 1. The minimum atomic E-state index is -0.193. The second-order valence-electron chi connectivity index (χ2n) is 9.74. The quantitative estimate of drug-likeness (QED) is 0.428. The Bertz CT molecular complexity index is 1340. The second kappa shape index (κ2) is 11.9. The van der Waals surface area contributed by atoms with Crippen molar-refractivity contribution >= 4 is 29.2 Å². The number of nitrogens with zero attached hydrogens (tertiary/aromatic N) is 5. The molecule has 0 bridgehead atoms. The highest BCUT2D eigenvalue weighted by Crippen LogP contribution is 2.33. The van der Waals surface area contributed by atoms with Gasteiger partial charge in [0.15, 0.2) is 17.3 Å². The molecule has 9 nitrogen and oxygen atoms in total. The van der Waals surface area contributed by atoms with Gasteiger partial charge in [-0.05, 0) is 56.2 Å². The minimum Gasteiger partial charge on any atom is -0.454 e. The van der Waals surface area contributed by atoms with Crippen LogP contribution < -0.4 is 14.4 Å². The fourth-order valence-corrected chi connectivity index (χ4v) is 5.02. The van der Waals surface area contributed by atoms with E-state index in [0.29, 0.717) is 47.4 Å². The smallest absolute Gasteiger partial charge is 0.254 e. The molecule has 5 rings (SSSR count). The summed E-state index contributed by atoms with van der Waals surface area (Å²) < 4.78 is 10.8. The predicted molar refractivity (Wildman–Crippen MR) is 149 cm³/mol. The van der Waals surface area contributed by atoms with Crippen molar-refractivity contribution in [1.82, 2.24) is 20.0 Å². The number of rotatable bonds is 7. The standard InChI is InChI=1S/C29H32ClN5O4/c1-3-20(2)35(29(37)21-9-11-25-26(17-21)39-19-38-25)18-28(36)34-14-6-13-33(15-16-34)27-12-10-24(31-32-27)22-7-4-5-8-23(22)30/h4-5,7-12,17,20H,3,6,13-16,18-19H2,1-2H3/t20-/m1/s1. The first-order valence-corrected chi connectivity index (χ1v) is 13.6. The molecule has 0 radical (unpaired) electrons. The molecule has 1 atom stereocenters. The monoisotopic (exact) mass is 549 g/mol. The Balaban J connectivity index is 1.23. The summed E-state index contributed by atoms with van der Waals surface area (Å²) in [6.45, 7) is 6.69. The van der Waals surface area contributed by atoms with Crippen LogP contribution in [0.2, 0.25) is 5.02 Å². The number of carbonyl (C=O) groups is 2. The first-order valence-electron chi connectivity index (χ1n) is 13.3. The summed E-state index contributed by atoms with van der Waals surface area (Å²) in [4.78, 5) is 32.5. The SMILES string of the molecule is CC[C@@H](C)N(CC(=O)N1CCCN(c2ccc(-c3ccccc3Cl)nn2)CC1)C(=O)c1ccc2c(c1)OCO2. The fraction of sp³-hybridized carbons (Fsp3) is 0.379. The number of carbonyl (C=O) groups excluding carboxylic acids is 2. The lowest BCUT2D eigenvalue weighted by Crippen LogP contribution is -2.47. The Labute approximate surface area is 233 Å². The van der Waals surface area contributed by atoms with Crippen molar-refractivity contribution in [2.75, 3.05) is 44.4 Å². The maximum atomic E-state index is 13.4. The number of hydrogen-bond acceptors (Lipinski definition) is 7. The number of fused-ring (bicyclic) bond motifs is 1. The molecule has 2 aromatic carbocycles. The van der Waals surface area contributed by atoms with E-state index in [0.717, 1.165) is 30.8 Å². The van der Waals surface area contributed by atoms with E-state index in [4.69, 9.17) is 21.1 Å². The highest BCUT2D eigenvalue weighted by atomic mass is 35.5. The largest absolute Gasteiger partial charge is 0.454 e. The number of amides is 2. The topological polar surface area (TPSA) is 88.1 Å². The van der Waals surface area contributed by atoms with Gasteiger partial charge in [-0.2, -0.15) is 0 Å². The summed E-state index contributed by atoms with van der Waals surface area (Å²) in [6, 6.07) is 16.5. The number of halogens is 1. The molecule has 2 amide bonds. The summed E-state index contributed by atoms with van der Waals surface area (Å²) in [6.07, 6.45) is 1.53. The van der Waals surface area contributed by atoms with E-state index < -0.39 is 0 Å². The predicted octanol–water partition coefficient (Wildman–Crippen LogP) is 4.51. The van der Waals surface area contributed by atoms with Crippen LogP contribution in [0.3, 0.4) is 0 Å². The number of benzene rings is 2. The lowest BCUT2D eigenvalue weighted by atomic mass is 10.1. The van der Waals surface area contributed by atoms with Crippen LogP contribution in [0, 0.1) is 0 Å². The van der Waals surface area contributed by atoms with Crippen LogP contribution in [0.1, 0.15) is 37.0 Å². The van der Waals surface area contributed by atoms with Crippen molar-refractivity contribution < 1.29 is 19.1 Å². The molecule has 3 aromatic rings. The summed E-state index contributed by atoms with van der Waals surface area (Å²) in [7, 11) is 0. The molecule has 204 valence electrons. The average Bonchev–Trinajstić information content (AvgIpc) is 3.30. The fourth-order valence-electron chi connectivity index (χ4n) is 4.79. The summed E-state index contributed by atoms with van der Waals surface area (Å²) in [5, 5.41) is 9.46. The third kappa shape index (κ3) is 5.93. The van der Waals surface area contributed by atoms with E-state index in [9.17, 15) is 9.59 Å². The van der Waals surface area contributed by atoms with E-state index >= 15 is 0 Å². The van der Waals surface area contributed by atoms with E-state index in [1.54, 1.807) is 23.1 Å². The van der Waals surface area contributed by atoms with Gasteiger partial charge in [-0.1, -0.05) is 36.7 Å². The Hall–Kier alpha value is -3.85. The maximum absolute atomic E-state index is 13.4. The molecule has 2 aliphatic rings. The van der Waals surface area contributed by atoms with E-state index in [2.05, 4.69) is 15.1 Å². The Morgan fingerprint density at radius 2 is 1.82 bits per heavy atom. The van der Waals surface area contributed by atoms with E-state index in [-0.39, 0.29) is 31.2 Å². The summed E-state index contributed by atoms with van der Waals surface area (Å²) >= 11 is 6.31. The minimum absolute atomic E-state index is 0.0224. The van der Waals surface area contributed by atoms with Crippen molar-refractivity contribution in [3.05, 3.63) is 65.2 Å². The molecule has 0 saturated carbocycles. The molecule has 0 spiro atoms. The van der Waals surface area contributed by atoms with Gasteiger partial charge in [0.1, 0.15) is 6.54 Å². The number of ether oxygens (including phenoxy) is 2. The molecule has 1 fully saturated rings. The van der Waals surface area contributed by atoms with Crippen LogP contribution in [-0.4, -0.2) is 77.4 Å². The van der Waals surface area contributed by atoms with Gasteiger partial charge in [0.05, 0.1) is 10.7 Å². The third-order valence-electron chi connectivity index (χ3n) is 7.28. The normalized spacial score (nSPS) is 15.6. The molecule has 10 heteroatoms. The average molecular weight is 550 g/mol. The van der Waals surface area contributed by atoms with Gasteiger partial charge in [0.2, 0.25) is 12.7 Å². The molecule has 0 aliphatic carbocycles. The molecule has 39 heavy (non-hydrogen) atoms. The molecular formula is C29H32ClN5O4. The van der Waals surface area contributed by atoms with Crippen LogP contribution in [0.4, 0.5) is 5.82 Å². The highest BCUT2D eigenvalue weighted by Gasteiger charge is 2.28. The molecular weight excluding hydrogens is 518 g/mol. The van der Waals surface area contributed by atoms with Gasteiger partial charge >= 0.3 is 0 Å². The van der Waals surface area contributed by atoms with Gasteiger partial charge < -0.3 is 24.2 Å². The molecule has 0 unspecified atom stereocenters. The highest BCUT2D eigenvalue weighted by molar-refractivity contribution is 6.33. The summed E-state index contributed by atoms with van der Waals surface area (Å²) in [5.74, 6) is 1.67. The van der Waals surface area contributed by atoms with Gasteiger partial charge in [0, 0.05) is 43.3 Å². The molecule has 2 aliphatic heterocycles. The van der Waals surface area contributed by atoms with Gasteiger partial charge in [0.25, 0.3) is 5.91 Å². The van der Waals surface area contributed by atoms with Gasteiger partial charge in [-0.3, -0.25) is 9.59 Å². The van der Waals surface area contributed by atoms with Crippen molar-refractivity contribution in [2.24, 2.45) is 0 Å². The Morgan fingerprint density at radius 3 is 2.59 bits per heavy atom. The lowest BCUT2D eigenvalue weighted by Gasteiger charge is -2.31. The van der Waals surface area contributed by atoms with Crippen molar-refractivity contribution in [3.63, 3.8) is 0 Å². The van der Waals surface area contributed by atoms with Gasteiger partial charge in [-0.25, -0.2) is 0 Å². The lowest BCUT2D eigenvalue weighted by molar-refractivity contribution is -0.132. The Kier molecular flexibility index (Phi) is 8.16. The van der Waals surface area contributed by atoms with Crippen LogP contribution in [0.15, 0.2) is 54.6 Å². The summed E-state index contributed by atoms with van der Waals surface area (Å²) in [5.41, 5.74) is 2.04. The Morgan fingerprint density at radius 1 is 1.00 bits per heavy atom. The zero-order chi connectivity index (χ0) is 27.4. The number of aromatic nitrogens is 2. The van der Waals surface area contributed by atoms with E-state index in [1.807, 2.05) is 55.1 Å². The van der Waals surface area contributed by atoms with Crippen molar-refractivity contribution in [3.8, 4) is 22.8 Å². The van der Waals surface area contributed by atoms with Crippen LogP contribution in [0.5, 0.6) is 11.5 Å². The first kappa shape index (κ1) is 26.7. The molecule has 1 aromatic heterocycles. The van der Waals surface area contributed by atoms with Crippen LogP contribution in [0.25, 0.3) is 11.3 Å². The number of hydrogen-bond donors (Lipinski definition) is 0. The van der Waals surface area contributed by atoms with Crippen molar-refractivity contribution in [1.29, 1.82) is 0 Å². The molecule has 1 saturated heterocycles. The molecule has 0 N–H and O–H groups in total. The molecule has 3 heterocycles. The van der Waals surface area contributed by atoms with Gasteiger partial charge in [-0.15, -0.1) is 10.2 Å². The van der Waals surface area contributed by atoms with Crippen molar-refractivity contribution in [2.45, 2.75) is 32.7 Å². The van der Waals surface area contributed by atoms with E-state index in [1.165, 1.54) is 0 Å². The van der Waals surface area contributed by atoms with Crippen LogP contribution in [-0.2, 0) is 4.79 Å². The maximum Gasteiger partial charge on any atom is 0.254 e. The third-order valence-corrected chi connectivity index (χ3v) is 7.61. The van der Waals surface area contributed by atoms with Crippen LogP contribution >= 0.6 is 11.6 Å². The zero-order valence-electron chi connectivity index (χ0n) is 22.2.